The molecule has 0 spiro atoms. The van der Waals surface area contributed by atoms with E-state index in [1.165, 1.54) is 51.5 Å². The van der Waals surface area contributed by atoms with E-state index in [4.69, 9.17) is 51.2 Å². The molecular formula is C38H46Cl2N12O10S2. The summed E-state index contributed by atoms with van der Waals surface area (Å²) in [6.07, 6.45) is 8.38. The van der Waals surface area contributed by atoms with E-state index in [-0.39, 0.29) is 35.0 Å². The van der Waals surface area contributed by atoms with E-state index >= 15 is 0 Å². The fourth-order valence-electron chi connectivity index (χ4n) is 7.25. The molecular weight excluding hydrogens is 920 g/mol. The fraction of sp³-hybridized carbons (Fsp3) is 0.526. The highest BCUT2D eigenvalue weighted by Crippen LogP contribution is 2.31. The van der Waals surface area contributed by atoms with Gasteiger partial charge in [0.2, 0.25) is 0 Å². The SMILES string of the molecule is CO[C@H](c1ncc(Cl)cn1)[C@H](C)S(=O)(=O)Cc1nnc([C@@H]2CCOC2)n1Cc1ccon1.CO[C@H](c1ncc(Cl)cn1)[C@H](C)S(=O)(=O)Cc1nnc([C@H]2CCOC2)n1Cc1ccon1. The van der Waals surface area contributed by atoms with Gasteiger partial charge in [-0.2, -0.15) is 0 Å². The summed E-state index contributed by atoms with van der Waals surface area (Å²) in [6, 6.07) is 3.43. The molecule has 6 aromatic heterocycles. The molecule has 6 aromatic rings. The minimum absolute atomic E-state index is 0.0393. The van der Waals surface area contributed by atoms with E-state index in [9.17, 15) is 16.8 Å². The predicted octanol–water partition coefficient (Wildman–Crippen LogP) is 3.91. The van der Waals surface area contributed by atoms with Crippen LogP contribution in [0.4, 0.5) is 0 Å². The normalized spacial score (nSPS) is 18.7. The Morgan fingerprint density at radius 3 is 1.36 bits per heavy atom. The maximum atomic E-state index is 13.3. The van der Waals surface area contributed by atoms with Crippen LogP contribution in [0, 0.1) is 0 Å². The number of hydrogen-bond donors (Lipinski definition) is 0. The Labute approximate surface area is 378 Å². The topological polar surface area (TPSA) is 270 Å². The molecule has 2 aliphatic heterocycles. The van der Waals surface area contributed by atoms with Crippen molar-refractivity contribution in [1.82, 2.24) is 59.8 Å². The lowest BCUT2D eigenvalue weighted by Gasteiger charge is -2.21. The zero-order valence-corrected chi connectivity index (χ0v) is 38.3. The Bertz CT molecular complexity index is 2440. The average Bonchev–Trinajstić information content (AvgIpc) is 4.14. The van der Waals surface area contributed by atoms with E-state index in [1.807, 2.05) is 0 Å². The van der Waals surface area contributed by atoms with Crippen LogP contribution in [0.25, 0.3) is 0 Å². The third-order valence-electron chi connectivity index (χ3n) is 10.9. The standard InChI is InChI=1S/2C19H23ClN6O5S/c2*1-12(17(29-2)18-21-7-14(20)8-22-18)32(27,28)11-16-23-24-19(13-3-5-30-10-13)26(16)9-15-4-6-31-25-15/h2*4,6-8,12-13,17H,3,5,9-11H2,1-2H3/t12-,13+,17-;12-,13-,17-/m00/s1. The highest BCUT2D eigenvalue weighted by Gasteiger charge is 2.37. The van der Waals surface area contributed by atoms with Crippen molar-refractivity contribution in [2.75, 3.05) is 40.6 Å². The van der Waals surface area contributed by atoms with Crippen molar-refractivity contribution >= 4 is 42.9 Å². The Balaban J connectivity index is 0.000000191. The van der Waals surface area contributed by atoms with Gasteiger partial charge >= 0.3 is 0 Å². The minimum atomic E-state index is -3.73. The lowest BCUT2D eigenvalue weighted by molar-refractivity contribution is 0.0947. The minimum Gasteiger partial charge on any atom is -0.381 e. The highest BCUT2D eigenvalue weighted by atomic mass is 35.5. The molecule has 0 radical (unpaired) electrons. The van der Waals surface area contributed by atoms with E-state index in [0.717, 1.165) is 12.8 Å². The quantitative estimate of drug-likeness (QED) is 0.118. The maximum absolute atomic E-state index is 13.3. The number of ether oxygens (including phenoxy) is 4. The lowest BCUT2D eigenvalue weighted by atomic mass is 10.1. The first-order valence-electron chi connectivity index (χ1n) is 20.0. The van der Waals surface area contributed by atoms with Crippen molar-refractivity contribution in [3.05, 3.63) is 106 Å². The van der Waals surface area contributed by atoms with E-state index in [0.29, 0.717) is 84.2 Å². The molecule has 0 aromatic carbocycles. The zero-order valence-electron chi connectivity index (χ0n) is 35.2. The summed E-state index contributed by atoms with van der Waals surface area (Å²) in [6.45, 7) is 5.99. The van der Waals surface area contributed by atoms with Crippen molar-refractivity contribution in [2.45, 2.75) is 85.8 Å². The molecule has 64 heavy (non-hydrogen) atoms. The molecule has 8 rings (SSSR count). The number of nitrogens with zero attached hydrogens (tertiary/aromatic N) is 12. The number of hydrogen-bond acceptors (Lipinski definition) is 20. The van der Waals surface area contributed by atoms with Gasteiger partial charge in [-0.15, -0.1) is 20.4 Å². The molecule has 0 bridgehead atoms. The molecule has 2 fully saturated rings. The number of methoxy groups -OCH3 is 2. The van der Waals surface area contributed by atoms with Crippen molar-refractivity contribution in [2.24, 2.45) is 0 Å². The summed E-state index contributed by atoms with van der Waals surface area (Å²) >= 11 is 11.7. The van der Waals surface area contributed by atoms with E-state index in [2.05, 4.69) is 50.6 Å². The van der Waals surface area contributed by atoms with Gasteiger partial charge in [-0.1, -0.05) is 33.5 Å². The van der Waals surface area contributed by atoms with Crippen molar-refractivity contribution in [1.29, 1.82) is 0 Å². The zero-order chi connectivity index (χ0) is 45.4. The van der Waals surface area contributed by atoms with Crippen molar-refractivity contribution in [3.8, 4) is 0 Å². The molecule has 0 saturated carbocycles. The van der Waals surface area contributed by atoms with Crippen LogP contribution in [0.2, 0.25) is 10.0 Å². The Hall–Kier alpha value is -4.82. The first kappa shape index (κ1) is 47.2. The van der Waals surface area contributed by atoms with Crippen LogP contribution < -0.4 is 0 Å². The van der Waals surface area contributed by atoms with Crippen LogP contribution >= 0.6 is 23.2 Å². The summed E-state index contributed by atoms with van der Waals surface area (Å²) in [7, 11) is -4.63. The molecule has 26 heteroatoms. The number of aromatic nitrogens is 12. The van der Waals surface area contributed by atoms with Gasteiger partial charge in [0.15, 0.2) is 31.3 Å². The smallest absolute Gasteiger partial charge is 0.163 e. The van der Waals surface area contributed by atoms with Crippen molar-refractivity contribution in [3.63, 3.8) is 0 Å². The first-order valence-corrected chi connectivity index (χ1v) is 24.2. The van der Waals surface area contributed by atoms with Crippen LogP contribution in [-0.4, -0.2) is 128 Å². The van der Waals surface area contributed by atoms with Crippen LogP contribution in [0.5, 0.6) is 0 Å². The van der Waals surface area contributed by atoms with Gasteiger partial charge in [0.1, 0.15) is 70.9 Å². The molecule has 344 valence electrons. The third kappa shape index (κ3) is 11.2. The van der Waals surface area contributed by atoms with Gasteiger partial charge in [0.05, 0.1) is 46.8 Å². The Morgan fingerprint density at radius 2 is 1.05 bits per heavy atom. The van der Waals surface area contributed by atoms with Gasteiger partial charge in [0, 0.05) is 76.2 Å². The molecule has 6 atom stereocenters. The molecule has 0 amide bonds. The van der Waals surface area contributed by atoms with Crippen molar-refractivity contribution < 1.29 is 44.8 Å². The molecule has 0 aliphatic carbocycles. The molecule has 0 unspecified atom stereocenters. The number of halogens is 2. The lowest BCUT2D eigenvalue weighted by Crippen LogP contribution is -2.30. The van der Waals surface area contributed by atoms with Gasteiger partial charge in [-0.05, 0) is 26.7 Å². The monoisotopic (exact) mass is 964 g/mol. The maximum Gasteiger partial charge on any atom is 0.163 e. The van der Waals surface area contributed by atoms with Crippen LogP contribution in [0.3, 0.4) is 0 Å². The van der Waals surface area contributed by atoms with Gasteiger partial charge in [0.25, 0.3) is 0 Å². The number of sulfone groups is 2. The summed E-state index contributed by atoms with van der Waals surface area (Å²) in [5.41, 5.74) is 1.28. The molecule has 2 aliphatic rings. The van der Waals surface area contributed by atoms with Crippen LogP contribution in [0.15, 0.2) is 58.5 Å². The van der Waals surface area contributed by atoms with E-state index in [1.54, 1.807) is 35.1 Å². The van der Waals surface area contributed by atoms with Crippen LogP contribution in [0.1, 0.15) is 97.1 Å². The van der Waals surface area contributed by atoms with Crippen LogP contribution in [-0.2, 0) is 63.2 Å². The summed E-state index contributed by atoms with van der Waals surface area (Å²) < 4.78 is 88.5. The predicted molar refractivity (Wildman–Crippen MR) is 225 cm³/mol. The second kappa shape index (κ2) is 21.0. The molecule has 8 heterocycles. The summed E-state index contributed by atoms with van der Waals surface area (Å²) in [4.78, 5) is 16.5. The second-order valence-corrected chi connectivity index (χ2v) is 20.7. The van der Waals surface area contributed by atoms with Gasteiger partial charge in [-0.3, -0.25) is 0 Å². The summed E-state index contributed by atoms with van der Waals surface area (Å²) in [5.74, 6) is 1.86. The van der Waals surface area contributed by atoms with Gasteiger partial charge in [-0.25, -0.2) is 36.8 Å². The molecule has 2 saturated heterocycles. The van der Waals surface area contributed by atoms with Gasteiger partial charge < -0.3 is 37.1 Å². The second-order valence-electron chi connectivity index (χ2n) is 15.1. The molecule has 22 nitrogen and oxygen atoms in total. The largest absolute Gasteiger partial charge is 0.381 e. The number of rotatable bonds is 18. The highest BCUT2D eigenvalue weighted by molar-refractivity contribution is 7.91. The first-order chi connectivity index (χ1) is 30.8. The third-order valence-corrected chi connectivity index (χ3v) is 15.3. The Morgan fingerprint density at radius 1 is 0.656 bits per heavy atom. The Kier molecular flexibility index (Phi) is 15.5. The van der Waals surface area contributed by atoms with E-state index < -0.39 is 42.4 Å². The average molecular weight is 966 g/mol. The summed E-state index contributed by atoms with van der Waals surface area (Å²) in [5, 5.41) is 23.7. The fourth-order valence-corrected chi connectivity index (χ4v) is 10.3. The molecule has 0 N–H and O–H groups in total.